The van der Waals surface area contributed by atoms with Crippen molar-refractivity contribution in [1.82, 2.24) is 19.8 Å². The SMILES string of the molecule is COc1ccc(-c2cccc(C(=O)Nc3cc(CN4CCC[C@H](NC(=O)OC(C)(C)C)C4)cc(-n4cnc(C)c4)c3)c2)cc1. The molecular weight excluding hydrogens is 554 g/mol. The van der Waals surface area contributed by atoms with Crippen molar-refractivity contribution >= 4 is 17.7 Å². The largest absolute Gasteiger partial charge is 0.497 e. The number of aryl methyl sites for hydroxylation is 1. The Balaban J connectivity index is 1.34. The summed E-state index contributed by atoms with van der Waals surface area (Å²) < 4.78 is 12.7. The Morgan fingerprint density at radius 2 is 1.82 bits per heavy atom. The zero-order valence-corrected chi connectivity index (χ0v) is 26.1. The molecule has 1 atom stereocenters. The van der Waals surface area contributed by atoms with E-state index in [0.717, 1.165) is 53.2 Å². The zero-order valence-electron chi connectivity index (χ0n) is 26.1. The summed E-state index contributed by atoms with van der Waals surface area (Å²) in [5.74, 6) is 0.593. The molecule has 4 aromatic rings. The molecule has 0 saturated carbocycles. The van der Waals surface area contributed by atoms with E-state index in [9.17, 15) is 9.59 Å². The molecule has 0 radical (unpaired) electrons. The maximum absolute atomic E-state index is 13.5. The molecule has 0 aliphatic carbocycles. The van der Waals surface area contributed by atoms with Crippen molar-refractivity contribution in [2.75, 3.05) is 25.5 Å². The Bertz CT molecular complexity index is 1610. The van der Waals surface area contributed by atoms with Crippen molar-refractivity contribution in [2.24, 2.45) is 0 Å². The van der Waals surface area contributed by atoms with Gasteiger partial charge in [0.05, 0.1) is 19.1 Å². The van der Waals surface area contributed by atoms with Gasteiger partial charge in [-0.05, 0) is 106 Å². The van der Waals surface area contributed by atoms with Crippen molar-refractivity contribution in [2.45, 2.75) is 58.7 Å². The Morgan fingerprint density at radius 3 is 2.52 bits per heavy atom. The minimum atomic E-state index is -0.539. The summed E-state index contributed by atoms with van der Waals surface area (Å²) in [7, 11) is 1.64. The summed E-state index contributed by atoms with van der Waals surface area (Å²) in [6.07, 6.45) is 5.23. The fourth-order valence-corrected chi connectivity index (χ4v) is 5.43. The van der Waals surface area contributed by atoms with Gasteiger partial charge in [-0.25, -0.2) is 9.78 Å². The number of rotatable bonds is 8. The molecule has 0 unspecified atom stereocenters. The highest BCUT2D eigenvalue weighted by Gasteiger charge is 2.24. The second kappa shape index (κ2) is 13.3. The van der Waals surface area contributed by atoms with E-state index in [2.05, 4.69) is 26.6 Å². The van der Waals surface area contributed by atoms with E-state index >= 15 is 0 Å². The number of aromatic nitrogens is 2. The van der Waals surface area contributed by atoms with Gasteiger partial charge < -0.3 is 24.7 Å². The number of amides is 2. The molecule has 2 amide bonds. The number of imidazole rings is 1. The highest BCUT2D eigenvalue weighted by Crippen LogP contribution is 2.25. The van der Waals surface area contributed by atoms with Gasteiger partial charge in [0.15, 0.2) is 0 Å². The number of hydrogen-bond donors (Lipinski definition) is 2. The van der Waals surface area contributed by atoms with E-state index in [1.165, 1.54) is 0 Å². The number of piperidine rings is 1. The number of anilines is 1. The van der Waals surface area contributed by atoms with Gasteiger partial charge in [0.2, 0.25) is 0 Å². The van der Waals surface area contributed by atoms with Gasteiger partial charge in [0.1, 0.15) is 11.4 Å². The summed E-state index contributed by atoms with van der Waals surface area (Å²) in [6, 6.07) is 21.5. The lowest BCUT2D eigenvalue weighted by Gasteiger charge is -2.33. The van der Waals surface area contributed by atoms with E-state index in [1.54, 1.807) is 13.4 Å². The number of carbonyl (C=O) groups excluding carboxylic acids is 2. The summed E-state index contributed by atoms with van der Waals surface area (Å²) in [4.78, 5) is 32.6. The number of nitrogens with one attached hydrogen (secondary N) is 2. The molecule has 1 saturated heterocycles. The highest BCUT2D eigenvalue weighted by atomic mass is 16.6. The molecule has 0 spiro atoms. The van der Waals surface area contributed by atoms with Crippen LogP contribution in [0.2, 0.25) is 0 Å². The fraction of sp³-hybridized carbons (Fsp3) is 0.343. The van der Waals surface area contributed by atoms with E-state index in [1.807, 2.05) is 99.1 Å². The van der Waals surface area contributed by atoms with E-state index in [4.69, 9.17) is 9.47 Å². The van der Waals surface area contributed by atoms with Crippen LogP contribution in [0.25, 0.3) is 16.8 Å². The van der Waals surface area contributed by atoms with Crippen LogP contribution >= 0.6 is 0 Å². The molecule has 9 heteroatoms. The third-order valence-electron chi connectivity index (χ3n) is 7.43. The van der Waals surface area contributed by atoms with Gasteiger partial charge in [-0.1, -0.05) is 24.3 Å². The van der Waals surface area contributed by atoms with Gasteiger partial charge in [-0.15, -0.1) is 0 Å². The first kappa shape index (κ1) is 30.8. The summed E-state index contributed by atoms with van der Waals surface area (Å²) in [5.41, 5.74) is 5.54. The smallest absolute Gasteiger partial charge is 0.407 e. The summed E-state index contributed by atoms with van der Waals surface area (Å²) in [6.45, 7) is 9.84. The first-order chi connectivity index (χ1) is 21.0. The van der Waals surface area contributed by atoms with Crippen molar-refractivity contribution < 1.29 is 19.1 Å². The summed E-state index contributed by atoms with van der Waals surface area (Å²) in [5, 5.41) is 6.15. The molecule has 1 aliphatic rings. The Hall–Kier alpha value is -4.63. The Morgan fingerprint density at radius 1 is 1.02 bits per heavy atom. The maximum Gasteiger partial charge on any atom is 0.407 e. The molecule has 1 fully saturated rings. The van der Waals surface area contributed by atoms with Gasteiger partial charge in [0.25, 0.3) is 5.91 Å². The van der Waals surface area contributed by atoms with Crippen molar-refractivity contribution in [1.29, 1.82) is 0 Å². The second-order valence-electron chi connectivity index (χ2n) is 12.3. The lowest BCUT2D eigenvalue weighted by molar-refractivity contribution is 0.0470. The average molecular weight is 596 g/mol. The predicted octanol–water partition coefficient (Wildman–Crippen LogP) is 6.60. The molecule has 9 nitrogen and oxygen atoms in total. The van der Waals surface area contributed by atoms with Crippen LogP contribution in [0, 0.1) is 6.92 Å². The number of carbonyl (C=O) groups is 2. The third kappa shape index (κ3) is 8.26. The van der Waals surface area contributed by atoms with Gasteiger partial charge in [-0.3, -0.25) is 9.69 Å². The van der Waals surface area contributed by atoms with Crippen LogP contribution in [0.1, 0.15) is 55.2 Å². The van der Waals surface area contributed by atoms with Crippen LogP contribution in [-0.2, 0) is 11.3 Å². The van der Waals surface area contributed by atoms with Crippen LogP contribution in [0.4, 0.5) is 10.5 Å². The predicted molar refractivity (Wildman–Crippen MR) is 172 cm³/mol. The lowest BCUT2D eigenvalue weighted by Crippen LogP contribution is -2.48. The van der Waals surface area contributed by atoms with Crippen LogP contribution in [0.15, 0.2) is 79.3 Å². The number of methoxy groups -OCH3 is 1. The fourth-order valence-electron chi connectivity index (χ4n) is 5.43. The molecule has 5 rings (SSSR count). The van der Waals surface area contributed by atoms with Crippen molar-refractivity contribution in [3.8, 4) is 22.6 Å². The topological polar surface area (TPSA) is 97.7 Å². The van der Waals surface area contributed by atoms with Crippen LogP contribution in [0.3, 0.4) is 0 Å². The number of benzene rings is 3. The third-order valence-corrected chi connectivity index (χ3v) is 7.43. The lowest BCUT2D eigenvalue weighted by atomic mass is 10.0. The summed E-state index contributed by atoms with van der Waals surface area (Å²) >= 11 is 0. The molecule has 0 bridgehead atoms. The van der Waals surface area contributed by atoms with Crippen molar-refractivity contribution in [3.05, 3.63) is 96.1 Å². The highest BCUT2D eigenvalue weighted by molar-refractivity contribution is 6.05. The molecule has 2 heterocycles. The number of nitrogens with zero attached hydrogens (tertiary/aromatic N) is 3. The van der Waals surface area contributed by atoms with Crippen LogP contribution in [0.5, 0.6) is 5.75 Å². The molecule has 230 valence electrons. The minimum absolute atomic E-state index is 0.00947. The van der Waals surface area contributed by atoms with Crippen LogP contribution < -0.4 is 15.4 Å². The molecular formula is C35H41N5O4. The van der Waals surface area contributed by atoms with Gasteiger partial charge >= 0.3 is 6.09 Å². The van der Waals surface area contributed by atoms with E-state index in [0.29, 0.717) is 24.3 Å². The second-order valence-corrected chi connectivity index (χ2v) is 12.3. The number of alkyl carbamates (subject to hydrolysis) is 1. The maximum atomic E-state index is 13.5. The monoisotopic (exact) mass is 595 g/mol. The average Bonchev–Trinajstić information content (AvgIpc) is 3.42. The Kier molecular flexibility index (Phi) is 9.35. The van der Waals surface area contributed by atoms with Crippen molar-refractivity contribution in [3.63, 3.8) is 0 Å². The molecule has 3 aromatic carbocycles. The molecule has 2 N–H and O–H groups in total. The zero-order chi connectivity index (χ0) is 31.3. The molecule has 1 aliphatic heterocycles. The standard InChI is InChI=1S/C35H41N5O4/c1-24-20-40(23-36-24)31-17-25(21-39-15-7-10-29(22-39)38-34(42)44-35(2,3)4)16-30(19-31)37-33(41)28-9-6-8-27(18-28)26-11-13-32(43-5)14-12-26/h6,8-9,11-14,16-20,23,29H,7,10,15,21-22H2,1-5H3,(H,37,41)(H,38,42)/t29-/m0/s1. The number of likely N-dealkylation sites (tertiary alicyclic amines) is 1. The van der Waals surface area contributed by atoms with E-state index in [-0.39, 0.29) is 18.0 Å². The molecule has 44 heavy (non-hydrogen) atoms. The molecule has 1 aromatic heterocycles. The first-order valence-corrected chi connectivity index (χ1v) is 15.0. The van der Waals surface area contributed by atoms with E-state index < -0.39 is 5.60 Å². The number of ether oxygens (including phenoxy) is 2. The Labute approximate surface area is 259 Å². The normalized spacial score (nSPS) is 15.4. The van der Waals surface area contributed by atoms with Gasteiger partial charge in [0, 0.05) is 42.3 Å². The quantitative estimate of drug-likeness (QED) is 0.238. The van der Waals surface area contributed by atoms with Crippen LogP contribution in [-0.4, -0.2) is 58.3 Å². The first-order valence-electron chi connectivity index (χ1n) is 15.0. The van der Waals surface area contributed by atoms with Gasteiger partial charge in [-0.2, -0.15) is 0 Å². The minimum Gasteiger partial charge on any atom is -0.497 e. The number of hydrogen-bond acceptors (Lipinski definition) is 6.